The molecular formula is C22H34IN5O3. The Kier molecular flexibility index (Phi) is 10.6. The minimum Gasteiger partial charge on any atom is -0.459 e. The molecule has 172 valence electrons. The first-order valence-electron chi connectivity index (χ1n) is 10.6. The Labute approximate surface area is 201 Å². The molecule has 8 nitrogen and oxygen atoms in total. The number of nitrogens with one attached hydrogen (secondary N) is 2. The molecule has 0 spiro atoms. The summed E-state index contributed by atoms with van der Waals surface area (Å²) < 4.78 is 11.4. The Morgan fingerprint density at radius 2 is 2.00 bits per heavy atom. The maximum Gasteiger partial charge on any atom is 0.243 e. The van der Waals surface area contributed by atoms with Crippen molar-refractivity contribution in [1.82, 2.24) is 20.4 Å². The molecule has 1 amide bonds. The molecule has 1 aromatic carbocycles. The monoisotopic (exact) mass is 543 g/mol. The van der Waals surface area contributed by atoms with Crippen molar-refractivity contribution in [2.24, 2.45) is 4.99 Å². The molecule has 1 aliphatic heterocycles. The molecule has 2 heterocycles. The van der Waals surface area contributed by atoms with Crippen LogP contribution in [-0.2, 0) is 9.53 Å². The van der Waals surface area contributed by atoms with Crippen LogP contribution in [0.15, 0.2) is 39.7 Å². The maximum absolute atomic E-state index is 12.0. The molecule has 1 unspecified atom stereocenters. The van der Waals surface area contributed by atoms with Crippen LogP contribution in [0.5, 0.6) is 0 Å². The zero-order valence-electron chi connectivity index (χ0n) is 18.6. The molecule has 3 rings (SSSR count). The summed E-state index contributed by atoms with van der Waals surface area (Å²) in [5, 5.41) is 7.79. The predicted molar refractivity (Wildman–Crippen MR) is 134 cm³/mol. The van der Waals surface area contributed by atoms with Gasteiger partial charge in [0, 0.05) is 39.1 Å². The Balaban J connectivity index is 0.00000341. The van der Waals surface area contributed by atoms with Crippen molar-refractivity contribution in [1.29, 1.82) is 0 Å². The van der Waals surface area contributed by atoms with E-state index in [9.17, 15) is 4.79 Å². The summed E-state index contributed by atoms with van der Waals surface area (Å²) in [7, 11) is 3.47. The van der Waals surface area contributed by atoms with E-state index in [2.05, 4.69) is 20.5 Å². The predicted octanol–water partition coefficient (Wildman–Crippen LogP) is 2.46. The fourth-order valence-corrected chi connectivity index (χ4v) is 3.27. The number of halogens is 1. The number of carbonyl (C=O) groups is 1. The van der Waals surface area contributed by atoms with E-state index < -0.39 is 0 Å². The number of amides is 1. The van der Waals surface area contributed by atoms with Gasteiger partial charge in [-0.3, -0.25) is 9.69 Å². The Bertz CT molecular complexity index is 816. The van der Waals surface area contributed by atoms with E-state index >= 15 is 0 Å². The number of ether oxygens (including phenoxy) is 1. The molecule has 1 atom stereocenters. The smallest absolute Gasteiger partial charge is 0.243 e. The lowest BCUT2D eigenvalue weighted by atomic mass is 10.2. The van der Waals surface area contributed by atoms with Gasteiger partial charge in [0.25, 0.3) is 0 Å². The van der Waals surface area contributed by atoms with Crippen molar-refractivity contribution in [3.05, 3.63) is 36.1 Å². The van der Waals surface area contributed by atoms with Crippen LogP contribution in [0.3, 0.4) is 0 Å². The second-order valence-corrected chi connectivity index (χ2v) is 7.74. The lowest BCUT2D eigenvalue weighted by Gasteiger charge is -2.26. The number of rotatable bonds is 8. The van der Waals surface area contributed by atoms with Gasteiger partial charge in [0.2, 0.25) is 5.91 Å². The van der Waals surface area contributed by atoms with Crippen molar-refractivity contribution >= 4 is 46.8 Å². The summed E-state index contributed by atoms with van der Waals surface area (Å²) >= 11 is 0. The third-order valence-electron chi connectivity index (χ3n) is 5.14. The van der Waals surface area contributed by atoms with Crippen LogP contribution in [0, 0.1) is 0 Å². The Morgan fingerprint density at radius 3 is 2.71 bits per heavy atom. The van der Waals surface area contributed by atoms with Gasteiger partial charge in [-0.2, -0.15) is 0 Å². The highest BCUT2D eigenvalue weighted by atomic mass is 127. The molecular weight excluding hydrogens is 509 g/mol. The molecule has 0 radical (unpaired) electrons. The van der Waals surface area contributed by atoms with Crippen LogP contribution in [0.1, 0.15) is 25.1 Å². The highest BCUT2D eigenvalue weighted by Crippen LogP contribution is 2.23. The van der Waals surface area contributed by atoms with Crippen molar-refractivity contribution in [3.8, 4) is 0 Å². The summed E-state index contributed by atoms with van der Waals surface area (Å²) in [6.45, 7) is 7.49. The number of aliphatic imine (C=N–C) groups is 1. The first-order valence-corrected chi connectivity index (χ1v) is 10.6. The molecule has 1 aliphatic rings. The third kappa shape index (κ3) is 7.97. The Morgan fingerprint density at radius 1 is 1.26 bits per heavy atom. The number of para-hydroxylation sites is 1. The zero-order chi connectivity index (χ0) is 21.3. The number of carbonyl (C=O) groups excluding carboxylic acids is 1. The molecule has 31 heavy (non-hydrogen) atoms. The van der Waals surface area contributed by atoms with Gasteiger partial charge in [0.15, 0.2) is 5.96 Å². The SMILES string of the molecule is CC(NC(=NCC(=O)N(C)C)NCCCN1CCOCC1)c1cc2ccccc2o1.I. The minimum absolute atomic E-state index is 0. The molecule has 1 fully saturated rings. The van der Waals surface area contributed by atoms with Gasteiger partial charge in [-0.05, 0) is 32.0 Å². The topological polar surface area (TPSA) is 82.3 Å². The minimum atomic E-state index is -0.0858. The molecule has 0 aliphatic carbocycles. The molecule has 0 saturated carbocycles. The van der Waals surface area contributed by atoms with E-state index in [1.807, 2.05) is 37.3 Å². The maximum atomic E-state index is 12.0. The van der Waals surface area contributed by atoms with Gasteiger partial charge >= 0.3 is 0 Å². The van der Waals surface area contributed by atoms with Crippen molar-refractivity contribution < 1.29 is 13.9 Å². The van der Waals surface area contributed by atoms with Crippen molar-refractivity contribution in [2.45, 2.75) is 19.4 Å². The summed E-state index contributed by atoms with van der Waals surface area (Å²) in [5.74, 6) is 1.40. The van der Waals surface area contributed by atoms with Crippen molar-refractivity contribution in [2.75, 3.05) is 60.0 Å². The van der Waals surface area contributed by atoms with Gasteiger partial charge < -0.3 is 24.7 Å². The second kappa shape index (κ2) is 12.9. The van der Waals surface area contributed by atoms with Gasteiger partial charge in [0.1, 0.15) is 17.9 Å². The summed E-state index contributed by atoms with van der Waals surface area (Å²) in [6.07, 6.45) is 0.987. The van der Waals surface area contributed by atoms with Crippen LogP contribution in [0.2, 0.25) is 0 Å². The molecule has 1 aromatic heterocycles. The van der Waals surface area contributed by atoms with Crippen LogP contribution in [0.25, 0.3) is 11.0 Å². The summed E-state index contributed by atoms with van der Waals surface area (Å²) in [5.41, 5.74) is 0.862. The lowest BCUT2D eigenvalue weighted by molar-refractivity contribution is -0.127. The zero-order valence-corrected chi connectivity index (χ0v) is 20.9. The number of guanidine groups is 1. The number of benzene rings is 1. The third-order valence-corrected chi connectivity index (χ3v) is 5.14. The first-order chi connectivity index (χ1) is 14.5. The van der Waals surface area contributed by atoms with E-state index in [1.54, 1.807) is 19.0 Å². The fraction of sp³-hybridized carbons (Fsp3) is 0.545. The molecule has 0 bridgehead atoms. The van der Waals surface area contributed by atoms with E-state index in [4.69, 9.17) is 9.15 Å². The average Bonchev–Trinajstić information content (AvgIpc) is 3.19. The van der Waals surface area contributed by atoms with Crippen LogP contribution in [-0.4, -0.2) is 81.7 Å². The number of morpholine rings is 1. The highest BCUT2D eigenvalue weighted by Gasteiger charge is 2.14. The van der Waals surface area contributed by atoms with E-state index in [0.29, 0.717) is 5.96 Å². The van der Waals surface area contributed by atoms with E-state index in [0.717, 1.165) is 62.5 Å². The lowest BCUT2D eigenvalue weighted by Crippen LogP contribution is -2.42. The van der Waals surface area contributed by atoms with Crippen LogP contribution < -0.4 is 10.6 Å². The van der Waals surface area contributed by atoms with Crippen LogP contribution >= 0.6 is 24.0 Å². The first kappa shape index (κ1) is 25.4. The summed E-state index contributed by atoms with van der Waals surface area (Å²) in [4.78, 5) is 20.4. The fourth-order valence-electron chi connectivity index (χ4n) is 3.27. The molecule has 2 N–H and O–H groups in total. The summed E-state index contributed by atoms with van der Waals surface area (Å²) in [6, 6.07) is 9.90. The number of likely N-dealkylation sites (N-methyl/N-ethyl adjacent to an activating group) is 1. The van der Waals surface area contributed by atoms with E-state index in [1.165, 1.54) is 0 Å². The average molecular weight is 543 g/mol. The standard InChI is InChI=1S/C22H33N5O3.HI/c1-17(20-15-18-7-4-5-8-19(18)30-20)25-22(24-16-21(28)26(2)3)23-9-6-10-27-11-13-29-14-12-27;/h4-5,7-8,15,17H,6,9-14,16H2,1-3H3,(H2,23,24,25);1H. The highest BCUT2D eigenvalue weighted by molar-refractivity contribution is 14.0. The Hall–Kier alpha value is -1.85. The van der Waals surface area contributed by atoms with Gasteiger partial charge in [-0.15, -0.1) is 24.0 Å². The number of fused-ring (bicyclic) bond motifs is 1. The second-order valence-electron chi connectivity index (χ2n) is 7.74. The number of hydrogen-bond donors (Lipinski definition) is 2. The normalized spacial score (nSPS) is 15.9. The van der Waals surface area contributed by atoms with Gasteiger partial charge in [-0.1, -0.05) is 18.2 Å². The van der Waals surface area contributed by atoms with Crippen molar-refractivity contribution in [3.63, 3.8) is 0 Å². The number of furan rings is 1. The van der Waals surface area contributed by atoms with Gasteiger partial charge in [0.05, 0.1) is 19.3 Å². The number of nitrogens with zero attached hydrogens (tertiary/aromatic N) is 3. The molecule has 2 aromatic rings. The quantitative estimate of drug-likeness (QED) is 0.231. The molecule has 1 saturated heterocycles. The van der Waals surface area contributed by atoms with Crippen LogP contribution in [0.4, 0.5) is 0 Å². The van der Waals surface area contributed by atoms with Gasteiger partial charge in [-0.25, -0.2) is 4.99 Å². The van der Waals surface area contributed by atoms with E-state index in [-0.39, 0.29) is 42.5 Å². The number of hydrogen-bond acceptors (Lipinski definition) is 5. The molecule has 9 heteroatoms. The largest absolute Gasteiger partial charge is 0.459 e.